The molecule has 162 valence electrons. The molecule has 1 heterocycles. The zero-order valence-electron chi connectivity index (χ0n) is 17.9. The highest BCUT2D eigenvalue weighted by Crippen LogP contribution is 2.33. The summed E-state index contributed by atoms with van der Waals surface area (Å²) in [5.74, 6) is 0.482. The van der Waals surface area contributed by atoms with Crippen LogP contribution in [0.2, 0.25) is 0 Å². The number of nitrogens with one attached hydrogen (secondary N) is 1. The number of anilines is 1. The normalized spacial score (nSPS) is 11.7. The first-order valence-corrected chi connectivity index (χ1v) is 11.1. The number of Topliss-reactive ketones (excluding diaryl/α,β-unsaturated/α-hetero) is 1. The van der Waals surface area contributed by atoms with Crippen molar-refractivity contribution in [2.24, 2.45) is 0 Å². The molecule has 4 aromatic rings. The first-order valence-electron chi connectivity index (χ1n) is 10.2. The number of aliphatic hydroxyl groups excluding tert-OH is 1. The predicted octanol–water partition coefficient (Wildman–Crippen LogP) is 5.66. The van der Waals surface area contributed by atoms with Crippen molar-refractivity contribution in [2.75, 3.05) is 12.4 Å². The molecule has 0 aliphatic heterocycles. The number of aromatic nitrogens is 1. The van der Waals surface area contributed by atoms with E-state index >= 15 is 0 Å². The zero-order valence-corrected chi connectivity index (χ0v) is 18.7. The lowest BCUT2D eigenvalue weighted by Crippen LogP contribution is -2.22. The van der Waals surface area contributed by atoms with Gasteiger partial charge in [-0.3, -0.25) is 4.79 Å². The Balaban J connectivity index is 1.75. The van der Waals surface area contributed by atoms with Crippen molar-refractivity contribution in [3.8, 4) is 16.2 Å². The third-order valence-electron chi connectivity index (χ3n) is 5.21. The molecule has 3 aromatic carbocycles. The number of thiazole rings is 1. The van der Waals surface area contributed by atoms with Crippen molar-refractivity contribution in [2.45, 2.75) is 19.6 Å². The Morgan fingerprint density at radius 3 is 2.53 bits per heavy atom. The van der Waals surface area contributed by atoms with Gasteiger partial charge >= 0.3 is 0 Å². The fourth-order valence-corrected chi connectivity index (χ4v) is 4.33. The zero-order chi connectivity index (χ0) is 22.5. The fraction of sp³-hybridized carbons (Fsp3) is 0.154. The molecule has 0 fully saturated rings. The van der Waals surface area contributed by atoms with Crippen molar-refractivity contribution in [1.29, 1.82) is 0 Å². The van der Waals surface area contributed by atoms with Gasteiger partial charge in [-0.15, -0.1) is 11.3 Å². The molecule has 0 amide bonds. The van der Waals surface area contributed by atoms with E-state index in [4.69, 9.17) is 4.74 Å². The number of hydrogen-bond donors (Lipinski definition) is 2. The Hall–Kier alpha value is -3.48. The van der Waals surface area contributed by atoms with Crippen LogP contribution in [0.3, 0.4) is 0 Å². The monoisotopic (exact) mass is 444 g/mol. The minimum absolute atomic E-state index is 0.123. The summed E-state index contributed by atoms with van der Waals surface area (Å²) in [4.78, 5) is 19.1. The summed E-state index contributed by atoms with van der Waals surface area (Å²) in [5, 5.41) is 13.0. The molecule has 0 spiro atoms. The van der Waals surface area contributed by atoms with Gasteiger partial charge in [-0.2, -0.15) is 0 Å². The highest BCUT2D eigenvalue weighted by Gasteiger charge is 2.27. The van der Waals surface area contributed by atoms with Crippen molar-refractivity contribution >= 4 is 22.8 Å². The van der Waals surface area contributed by atoms with E-state index < -0.39 is 6.04 Å². The Labute approximate surface area is 191 Å². The summed E-state index contributed by atoms with van der Waals surface area (Å²) in [7, 11) is 1.57. The largest absolute Gasteiger partial charge is 0.497 e. The number of carbonyl (C=O) groups excluding carboxylic acids is 1. The molecule has 4 rings (SSSR count). The third-order valence-corrected chi connectivity index (χ3v) is 6.08. The van der Waals surface area contributed by atoms with E-state index in [-0.39, 0.29) is 12.4 Å². The highest BCUT2D eigenvalue weighted by molar-refractivity contribution is 7.13. The number of carbonyl (C=O) groups is 1. The Kier molecular flexibility index (Phi) is 6.63. The lowest BCUT2D eigenvalue weighted by Gasteiger charge is -2.20. The van der Waals surface area contributed by atoms with Gasteiger partial charge in [-0.25, -0.2) is 4.98 Å². The number of ether oxygens (including phenoxy) is 1. The van der Waals surface area contributed by atoms with E-state index in [1.165, 1.54) is 11.3 Å². The third kappa shape index (κ3) is 4.72. The van der Waals surface area contributed by atoms with Gasteiger partial charge < -0.3 is 15.2 Å². The molecular formula is C26H24N2O3S. The minimum Gasteiger partial charge on any atom is -0.497 e. The maximum atomic E-state index is 13.8. The molecule has 0 aliphatic rings. The van der Waals surface area contributed by atoms with Crippen LogP contribution < -0.4 is 10.1 Å². The van der Waals surface area contributed by atoms with Crippen LogP contribution >= 0.6 is 11.3 Å². The second-order valence-corrected chi connectivity index (χ2v) is 8.33. The van der Waals surface area contributed by atoms with Crippen LogP contribution in [-0.2, 0) is 6.61 Å². The molecular weight excluding hydrogens is 420 g/mol. The number of hydrogen-bond acceptors (Lipinski definition) is 6. The molecule has 1 aromatic heterocycles. The molecule has 6 heteroatoms. The number of benzene rings is 3. The number of nitrogens with zero attached hydrogens (tertiary/aromatic N) is 1. The molecule has 0 aliphatic carbocycles. The van der Waals surface area contributed by atoms with Crippen LogP contribution in [-0.4, -0.2) is 23.0 Å². The van der Waals surface area contributed by atoms with E-state index in [2.05, 4.69) is 10.3 Å². The highest BCUT2D eigenvalue weighted by atomic mass is 32.1. The van der Waals surface area contributed by atoms with Gasteiger partial charge in [0.2, 0.25) is 5.78 Å². The smallest absolute Gasteiger partial charge is 0.209 e. The molecule has 1 unspecified atom stereocenters. The number of aryl methyl sites for hydroxylation is 1. The molecule has 1 atom stereocenters. The van der Waals surface area contributed by atoms with E-state index in [9.17, 15) is 9.90 Å². The van der Waals surface area contributed by atoms with Crippen LogP contribution in [0, 0.1) is 6.92 Å². The van der Waals surface area contributed by atoms with Gasteiger partial charge in [0.25, 0.3) is 0 Å². The van der Waals surface area contributed by atoms with E-state index in [1.54, 1.807) is 18.7 Å². The fourth-order valence-electron chi connectivity index (χ4n) is 3.53. The first-order chi connectivity index (χ1) is 15.6. The number of aliphatic hydroxyl groups is 1. The molecule has 0 saturated heterocycles. The van der Waals surface area contributed by atoms with Crippen molar-refractivity contribution < 1.29 is 14.6 Å². The Morgan fingerprint density at radius 1 is 1.09 bits per heavy atom. The summed E-state index contributed by atoms with van der Waals surface area (Å²) in [6, 6.07) is 22.4. The molecule has 0 saturated carbocycles. The molecule has 0 radical (unpaired) electrons. The lowest BCUT2D eigenvalue weighted by atomic mass is 9.97. The molecule has 0 bridgehead atoms. The van der Waals surface area contributed by atoms with Crippen LogP contribution in [0.5, 0.6) is 5.75 Å². The summed E-state index contributed by atoms with van der Waals surface area (Å²) in [6.07, 6.45) is 0. The topological polar surface area (TPSA) is 71.5 Å². The SMILES string of the molecule is COc1cc(CO)cc(NC(C(=O)c2ncsc2-c2ccccc2)c2ccc(C)cc2)c1. The summed E-state index contributed by atoms with van der Waals surface area (Å²) < 4.78 is 5.36. The van der Waals surface area contributed by atoms with E-state index in [0.29, 0.717) is 22.7 Å². The van der Waals surface area contributed by atoms with Crippen molar-refractivity contribution in [1.82, 2.24) is 4.98 Å². The van der Waals surface area contributed by atoms with Crippen LogP contribution in [0.15, 0.2) is 78.3 Å². The lowest BCUT2D eigenvalue weighted by molar-refractivity contribution is 0.0966. The number of methoxy groups -OCH3 is 1. The van der Waals surface area contributed by atoms with Crippen LogP contribution in [0.4, 0.5) is 5.69 Å². The predicted molar refractivity (Wildman–Crippen MR) is 128 cm³/mol. The average molecular weight is 445 g/mol. The van der Waals surface area contributed by atoms with Crippen molar-refractivity contribution in [3.63, 3.8) is 0 Å². The van der Waals surface area contributed by atoms with Gasteiger partial charge in [-0.1, -0.05) is 60.2 Å². The maximum Gasteiger partial charge on any atom is 0.209 e. The molecule has 32 heavy (non-hydrogen) atoms. The quantitative estimate of drug-likeness (QED) is 0.343. The molecule has 5 nitrogen and oxygen atoms in total. The Bertz CT molecular complexity index is 1180. The number of rotatable bonds is 8. The summed E-state index contributed by atoms with van der Waals surface area (Å²) >= 11 is 1.45. The van der Waals surface area contributed by atoms with E-state index in [1.807, 2.05) is 73.7 Å². The van der Waals surface area contributed by atoms with Crippen molar-refractivity contribution in [3.05, 3.63) is 101 Å². The average Bonchev–Trinajstić information content (AvgIpc) is 3.33. The van der Waals surface area contributed by atoms with Gasteiger partial charge in [0, 0.05) is 11.8 Å². The maximum absolute atomic E-state index is 13.8. The van der Waals surface area contributed by atoms with Crippen LogP contribution in [0.1, 0.15) is 33.2 Å². The second kappa shape index (κ2) is 9.77. The summed E-state index contributed by atoms with van der Waals surface area (Å²) in [6.45, 7) is 1.89. The molecule has 2 N–H and O–H groups in total. The van der Waals surface area contributed by atoms with Gasteiger partial charge in [0.15, 0.2) is 0 Å². The second-order valence-electron chi connectivity index (χ2n) is 7.48. The minimum atomic E-state index is -0.654. The van der Waals surface area contributed by atoms with Gasteiger partial charge in [-0.05, 0) is 35.7 Å². The Morgan fingerprint density at radius 2 is 1.84 bits per heavy atom. The summed E-state index contributed by atoms with van der Waals surface area (Å²) in [5.41, 5.74) is 6.43. The van der Waals surface area contributed by atoms with Crippen LogP contribution in [0.25, 0.3) is 10.4 Å². The van der Waals surface area contributed by atoms with Gasteiger partial charge in [0.05, 0.1) is 24.1 Å². The number of ketones is 1. The first kappa shape index (κ1) is 21.7. The van der Waals surface area contributed by atoms with Gasteiger partial charge in [0.1, 0.15) is 17.5 Å². The standard InChI is InChI=1S/C26H24N2O3S/c1-17-8-10-19(11-9-17)23(28-21-12-18(15-29)13-22(14-21)31-2)25(30)24-26(32-16-27-24)20-6-4-3-5-7-20/h3-14,16,23,28-29H,15H2,1-2H3. The van der Waals surface area contributed by atoms with E-state index in [0.717, 1.165) is 21.6 Å².